The minimum absolute atomic E-state index is 0.142. The third-order valence-electron chi connectivity index (χ3n) is 3.19. The van der Waals surface area contributed by atoms with Gasteiger partial charge < -0.3 is 14.8 Å². The average molecular weight is 291 g/mol. The predicted octanol–water partition coefficient (Wildman–Crippen LogP) is 3.04. The molecule has 0 bridgehead atoms. The van der Waals surface area contributed by atoms with Crippen molar-refractivity contribution in [1.82, 2.24) is 9.36 Å². The van der Waals surface area contributed by atoms with Gasteiger partial charge in [-0.1, -0.05) is 13.0 Å². The Morgan fingerprint density at radius 1 is 1.30 bits per heavy atom. The fourth-order valence-corrected chi connectivity index (χ4v) is 2.79. The fourth-order valence-electron chi connectivity index (χ4n) is 2.05. The number of aryl methyl sites for hydroxylation is 1. The molecule has 0 saturated heterocycles. The van der Waals surface area contributed by atoms with Crippen molar-refractivity contribution in [1.29, 1.82) is 0 Å². The molecule has 0 radical (unpaired) electrons. The Hall–Kier alpha value is -1.82. The third-order valence-corrected chi connectivity index (χ3v) is 3.87. The van der Waals surface area contributed by atoms with Crippen molar-refractivity contribution in [2.75, 3.05) is 18.5 Å². The van der Waals surface area contributed by atoms with Gasteiger partial charge in [-0.05, 0) is 24.6 Å². The number of hydrogen-bond acceptors (Lipinski definition) is 6. The van der Waals surface area contributed by atoms with Gasteiger partial charge in [0.1, 0.15) is 19.0 Å². The Morgan fingerprint density at radius 2 is 2.10 bits per heavy atom. The van der Waals surface area contributed by atoms with Crippen LogP contribution in [0.25, 0.3) is 0 Å². The number of ether oxygens (including phenoxy) is 2. The van der Waals surface area contributed by atoms with Gasteiger partial charge in [-0.15, -0.1) is 0 Å². The van der Waals surface area contributed by atoms with Crippen LogP contribution < -0.4 is 14.8 Å². The van der Waals surface area contributed by atoms with Gasteiger partial charge in [0.05, 0.1) is 6.04 Å². The molecule has 0 saturated carbocycles. The molecule has 0 amide bonds. The second-order valence-electron chi connectivity index (χ2n) is 4.64. The molecule has 0 spiro atoms. The van der Waals surface area contributed by atoms with Crippen LogP contribution >= 0.6 is 11.5 Å². The second-order valence-corrected chi connectivity index (χ2v) is 5.39. The summed E-state index contributed by atoms with van der Waals surface area (Å²) in [5.41, 5.74) is 1.14. The van der Waals surface area contributed by atoms with Gasteiger partial charge in [0, 0.05) is 18.0 Å². The first kappa shape index (κ1) is 13.2. The van der Waals surface area contributed by atoms with E-state index in [0.29, 0.717) is 13.2 Å². The minimum Gasteiger partial charge on any atom is -0.486 e. The first-order valence-corrected chi connectivity index (χ1v) is 7.52. The lowest BCUT2D eigenvalue weighted by atomic mass is 10.1. The summed E-state index contributed by atoms with van der Waals surface area (Å²) >= 11 is 1.40. The Labute approximate surface area is 122 Å². The summed E-state index contributed by atoms with van der Waals surface area (Å²) in [6, 6.07) is 6.17. The highest BCUT2D eigenvalue weighted by molar-refractivity contribution is 7.09. The topological polar surface area (TPSA) is 56.3 Å². The van der Waals surface area contributed by atoms with Crippen LogP contribution in [0.5, 0.6) is 11.5 Å². The standard InChI is InChI=1S/C14H17N3O2S/c1-3-13-16-14(20-17-13)15-9(2)10-4-5-11-12(8-10)19-7-6-18-11/h4-5,8-9H,3,6-7H2,1-2H3,(H,15,16,17). The van der Waals surface area contributed by atoms with Crippen LogP contribution in [0.15, 0.2) is 18.2 Å². The van der Waals surface area contributed by atoms with E-state index in [1.54, 1.807) is 0 Å². The molecule has 1 atom stereocenters. The Morgan fingerprint density at radius 3 is 2.85 bits per heavy atom. The molecule has 1 unspecified atom stereocenters. The predicted molar refractivity (Wildman–Crippen MR) is 78.8 cm³/mol. The van der Waals surface area contributed by atoms with Crippen molar-refractivity contribution in [3.63, 3.8) is 0 Å². The first-order valence-electron chi connectivity index (χ1n) is 6.75. The van der Waals surface area contributed by atoms with Crippen molar-refractivity contribution in [2.45, 2.75) is 26.3 Å². The molecule has 3 rings (SSSR count). The van der Waals surface area contributed by atoms with Gasteiger partial charge in [-0.2, -0.15) is 4.37 Å². The number of nitrogens with zero attached hydrogens (tertiary/aromatic N) is 2. The number of fused-ring (bicyclic) bond motifs is 1. The lowest BCUT2D eigenvalue weighted by molar-refractivity contribution is 0.171. The van der Waals surface area contributed by atoms with Crippen LogP contribution in [0, 0.1) is 0 Å². The highest BCUT2D eigenvalue weighted by Crippen LogP contribution is 2.33. The number of aromatic nitrogens is 2. The number of rotatable bonds is 4. The third kappa shape index (κ3) is 2.70. The molecule has 0 aliphatic carbocycles. The molecular weight excluding hydrogens is 274 g/mol. The maximum absolute atomic E-state index is 5.61. The van der Waals surface area contributed by atoms with Crippen molar-refractivity contribution in [2.24, 2.45) is 0 Å². The molecule has 2 aromatic rings. The molecule has 1 aromatic carbocycles. The maximum Gasteiger partial charge on any atom is 0.203 e. The van der Waals surface area contributed by atoms with E-state index in [1.165, 1.54) is 11.5 Å². The lowest BCUT2D eigenvalue weighted by Gasteiger charge is -2.20. The van der Waals surface area contributed by atoms with Gasteiger partial charge in [-0.25, -0.2) is 4.98 Å². The van der Waals surface area contributed by atoms with E-state index in [-0.39, 0.29) is 6.04 Å². The summed E-state index contributed by atoms with van der Waals surface area (Å²) in [6.07, 6.45) is 0.858. The van der Waals surface area contributed by atoms with Gasteiger partial charge >= 0.3 is 0 Å². The van der Waals surface area contributed by atoms with Gasteiger partial charge in [0.15, 0.2) is 11.5 Å². The van der Waals surface area contributed by atoms with E-state index >= 15 is 0 Å². The molecular formula is C14H17N3O2S. The van der Waals surface area contributed by atoms with Gasteiger partial charge in [-0.3, -0.25) is 0 Å². The van der Waals surface area contributed by atoms with Crippen molar-refractivity contribution in [3.8, 4) is 11.5 Å². The fraction of sp³-hybridized carbons (Fsp3) is 0.429. The molecule has 1 aliphatic heterocycles. The quantitative estimate of drug-likeness (QED) is 0.938. The summed E-state index contributed by atoms with van der Waals surface area (Å²) in [6.45, 7) is 5.37. The molecule has 20 heavy (non-hydrogen) atoms. The number of anilines is 1. The molecule has 6 heteroatoms. The van der Waals surface area contributed by atoms with Crippen molar-refractivity contribution >= 4 is 16.7 Å². The van der Waals surface area contributed by atoms with E-state index in [1.807, 2.05) is 18.2 Å². The summed E-state index contributed by atoms with van der Waals surface area (Å²) in [4.78, 5) is 4.42. The zero-order chi connectivity index (χ0) is 13.9. The Bertz CT molecular complexity index is 600. The minimum atomic E-state index is 0.142. The largest absolute Gasteiger partial charge is 0.486 e. The highest BCUT2D eigenvalue weighted by Gasteiger charge is 2.15. The Balaban J connectivity index is 1.74. The molecule has 1 aliphatic rings. The summed E-state index contributed by atoms with van der Waals surface area (Å²) in [5, 5.41) is 4.22. The molecule has 2 heterocycles. The van der Waals surface area contributed by atoms with Crippen LogP contribution in [0.1, 0.15) is 31.3 Å². The molecule has 1 aromatic heterocycles. The van der Waals surface area contributed by atoms with Gasteiger partial charge in [0.2, 0.25) is 5.13 Å². The molecule has 0 fully saturated rings. The monoisotopic (exact) mass is 291 g/mol. The smallest absolute Gasteiger partial charge is 0.203 e. The summed E-state index contributed by atoms with van der Waals surface area (Å²) in [5.74, 6) is 2.51. The molecule has 5 nitrogen and oxygen atoms in total. The maximum atomic E-state index is 5.61. The summed E-state index contributed by atoms with van der Waals surface area (Å²) in [7, 11) is 0. The van der Waals surface area contributed by atoms with E-state index in [9.17, 15) is 0 Å². The van der Waals surface area contributed by atoms with Crippen LogP contribution in [0.3, 0.4) is 0 Å². The lowest BCUT2D eigenvalue weighted by Crippen LogP contribution is -2.16. The number of nitrogens with one attached hydrogen (secondary N) is 1. The summed E-state index contributed by atoms with van der Waals surface area (Å²) < 4.78 is 15.4. The Kier molecular flexibility index (Phi) is 3.73. The van der Waals surface area contributed by atoms with Crippen molar-refractivity contribution in [3.05, 3.63) is 29.6 Å². The van der Waals surface area contributed by atoms with Crippen LogP contribution in [0.2, 0.25) is 0 Å². The SMILES string of the molecule is CCc1nsc(NC(C)c2ccc3c(c2)OCCO3)n1. The molecule has 1 N–H and O–H groups in total. The van der Waals surface area contributed by atoms with E-state index in [2.05, 4.69) is 28.5 Å². The first-order chi connectivity index (χ1) is 9.76. The van der Waals surface area contributed by atoms with Crippen LogP contribution in [-0.4, -0.2) is 22.6 Å². The second kappa shape index (κ2) is 5.66. The number of benzene rings is 1. The van der Waals surface area contributed by atoms with E-state index in [0.717, 1.165) is 34.4 Å². The zero-order valence-electron chi connectivity index (χ0n) is 11.5. The van der Waals surface area contributed by atoms with Crippen LogP contribution in [0.4, 0.5) is 5.13 Å². The van der Waals surface area contributed by atoms with Crippen molar-refractivity contribution < 1.29 is 9.47 Å². The van der Waals surface area contributed by atoms with Crippen LogP contribution in [-0.2, 0) is 6.42 Å². The zero-order valence-corrected chi connectivity index (χ0v) is 12.4. The average Bonchev–Trinajstić information content (AvgIpc) is 2.94. The number of hydrogen-bond donors (Lipinski definition) is 1. The van der Waals surface area contributed by atoms with Gasteiger partial charge in [0.25, 0.3) is 0 Å². The van der Waals surface area contributed by atoms with E-state index in [4.69, 9.17) is 9.47 Å². The highest BCUT2D eigenvalue weighted by atomic mass is 32.1. The van der Waals surface area contributed by atoms with E-state index < -0.39 is 0 Å². The normalized spacial score (nSPS) is 14.9. The molecule has 106 valence electrons.